The van der Waals surface area contributed by atoms with E-state index in [1.54, 1.807) is 19.1 Å². The van der Waals surface area contributed by atoms with E-state index >= 15 is 0 Å². The molecular formula is C20H30N3O5+. The van der Waals surface area contributed by atoms with Crippen molar-refractivity contribution in [2.45, 2.75) is 32.9 Å². The minimum absolute atomic E-state index is 0.264. The lowest BCUT2D eigenvalue weighted by molar-refractivity contribution is -0.921. The monoisotopic (exact) mass is 392 g/mol. The van der Waals surface area contributed by atoms with Crippen molar-refractivity contribution in [1.82, 2.24) is 10.6 Å². The van der Waals surface area contributed by atoms with E-state index in [0.29, 0.717) is 12.1 Å². The number of carbonyl (C=O) groups is 3. The molecule has 1 aliphatic rings. The minimum Gasteiger partial charge on any atom is -0.452 e. The molecule has 0 radical (unpaired) electrons. The molecule has 3 N–H and O–H groups in total. The smallest absolute Gasteiger partial charge is 0.338 e. The second-order valence-corrected chi connectivity index (χ2v) is 6.89. The number of quaternary nitrogens is 1. The van der Waals surface area contributed by atoms with E-state index in [1.165, 1.54) is 4.90 Å². The molecule has 8 heteroatoms. The number of carbonyl (C=O) groups excluding carboxylic acids is 3. The summed E-state index contributed by atoms with van der Waals surface area (Å²) >= 11 is 0. The van der Waals surface area contributed by atoms with Gasteiger partial charge in [0.2, 0.25) is 5.91 Å². The fraction of sp³-hybridized carbons (Fsp3) is 0.550. The molecule has 1 heterocycles. The number of esters is 1. The van der Waals surface area contributed by atoms with Crippen LogP contribution in [0.5, 0.6) is 0 Å². The van der Waals surface area contributed by atoms with Crippen LogP contribution in [0.2, 0.25) is 0 Å². The molecule has 0 spiro atoms. The van der Waals surface area contributed by atoms with Gasteiger partial charge in [-0.25, -0.2) is 4.79 Å². The van der Waals surface area contributed by atoms with Crippen molar-refractivity contribution in [1.29, 1.82) is 0 Å². The third-order valence-corrected chi connectivity index (χ3v) is 4.50. The summed E-state index contributed by atoms with van der Waals surface area (Å²) in [4.78, 5) is 37.2. The molecule has 1 aliphatic heterocycles. The standard InChI is InChI=1S/C20H29N3O5/c1-3-8-21-19(25)15(2)22-18(24)14-28-20(26)17-6-4-16(5-7-17)13-23-9-11-27-12-10-23/h4-7,15H,3,8-14H2,1-2H3,(H,21,25)(H,22,24)/p+1/t15-/m1/s1. The number of ether oxygens (including phenoxy) is 2. The topological polar surface area (TPSA) is 98.2 Å². The zero-order valence-corrected chi connectivity index (χ0v) is 16.6. The van der Waals surface area contributed by atoms with Gasteiger partial charge in [0.1, 0.15) is 25.7 Å². The molecule has 154 valence electrons. The van der Waals surface area contributed by atoms with Gasteiger partial charge in [-0.15, -0.1) is 0 Å². The summed E-state index contributed by atoms with van der Waals surface area (Å²) in [6.45, 7) is 8.06. The third kappa shape index (κ3) is 7.28. The Bertz CT molecular complexity index is 656. The molecule has 2 amide bonds. The number of amides is 2. The Morgan fingerprint density at radius 1 is 1.18 bits per heavy atom. The van der Waals surface area contributed by atoms with Crippen molar-refractivity contribution in [2.24, 2.45) is 0 Å². The largest absolute Gasteiger partial charge is 0.452 e. The zero-order chi connectivity index (χ0) is 20.4. The molecule has 1 atom stereocenters. The number of benzene rings is 1. The van der Waals surface area contributed by atoms with Gasteiger partial charge >= 0.3 is 5.97 Å². The van der Waals surface area contributed by atoms with E-state index in [1.807, 2.05) is 19.1 Å². The average molecular weight is 392 g/mol. The highest BCUT2D eigenvalue weighted by molar-refractivity contribution is 5.92. The van der Waals surface area contributed by atoms with Crippen LogP contribution in [-0.4, -0.2) is 63.3 Å². The first-order chi connectivity index (χ1) is 13.5. The maximum Gasteiger partial charge on any atom is 0.338 e. The number of nitrogens with one attached hydrogen (secondary N) is 3. The van der Waals surface area contributed by atoms with Crippen LogP contribution in [-0.2, 0) is 25.6 Å². The Balaban J connectivity index is 1.74. The Kier molecular flexibility index (Phi) is 8.90. The molecule has 0 unspecified atom stereocenters. The number of hydrogen-bond acceptors (Lipinski definition) is 5. The summed E-state index contributed by atoms with van der Waals surface area (Å²) < 4.78 is 10.4. The van der Waals surface area contributed by atoms with Crippen LogP contribution in [0.3, 0.4) is 0 Å². The second kappa shape index (κ2) is 11.4. The van der Waals surface area contributed by atoms with Gasteiger partial charge in [-0.1, -0.05) is 19.1 Å². The Labute approximate surface area is 165 Å². The van der Waals surface area contributed by atoms with E-state index < -0.39 is 24.5 Å². The van der Waals surface area contributed by atoms with Gasteiger partial charge in [-0.2, -0.15) is 0 Å². The lowest BCUT2D eigenvalue weighted by atomic mass is 10.1. The SMILES string of the molecule is CCCNC(=O)[C@@H](C)NC(=O)COC(=O)c1ccc(C[NH+]2CCOCC2)cc1. The Hall–Kier alpha value is -2.45. The van der Waals surface area contributed by atoms with E-state index in [2.05, 4.69) is 10.6 Å². The van der Waals surface area contributed by atoms with Gasteiger partial charge in [-0.3, -0.25) is 9.59 Å². The van der Waals surface area contributed by atoms with E-state index in [4.69, 9.17) is 9.47 Å². The molecule has 1 saturated heterocycles. The maximum atomic E-state index is 12.1. The average Bonchev–Trinajstić information content (AvgIpc) is 2.71. The van der Waals surface area contributed by atoms with Gasteiger partial charge in [-0.05, 0) is 25.5 Å². The van der Waals surface area contributed by atoms with Crippen LogP contribution in [0, 0.1) is 0 Å². The summed E-state index contributed by atoms with van der Waals surface area (Å²) in [5.74, 6) is -1.34. The fourth-order valence-electron chi connectivity index (χ4n) is 2.85. The van der Waals surface area contributed by atoms with Crippen LogP contribution >= 0.6 is 0 Å². The quantitative estimate of drug-likeness (QED) is 0.483. The van der Waals surface area contributed by atoms with Crippen LogP contribution in [0.1, 0.15) is 36.2 Å². The summed E-state index contributed by atoms with van der Waals surface area (Å²) in [6.07, 6.45) is 0.816. The molecular weight excluding hydrogens is 362 g/mol. The van der Waals surface area contributed by atoms with Gasteiger partial charge in [0.15, 0.2) is 6.61 Å². The van der Waals surface area contributed by atoms with Crippen molar-refractivity contribution in [3.05, 3.63) is 35.4 Å². The molecule has 0 aromatic heterocycles. The first kappa shape index (κ1) is 21.8. The van der Waals surface area contributed by atoms with Crippen LogP contribution < -0.4 is 15.5 Å². The molecule has 8 nitrogen and oxygen atoms in total. The van der Waals surface area contributed by atoms with E-state index in [0.717, 1.165) is 44.8 Å². The van der Waals surface area contributed by atoms with E-state index in [-0.39, 0.29) is 5.91 Å². The Morgan fingerprint density at radius 3 is 2.50 bits per heavy atom. The molecule has 0 saturated carbocycles. The van der Waals surface area contributed by atoms with Gasteiger partial charge in [0.05, 0.1) is 18.8 Å². The highest BCUT2D eigenvalue weighted by Crippen LogP contribution is 2.05. The number of rotatable bonds is 9. The first-order valence-corrected chi connectivity index (χ1v) is 9.74. The van der Waals surface area contributed by atoms with Crippen LogP contribution in [0.15, 0.2) is 24.3 Å². The second-order valence-electron chi connectivity index (χ2n) is 6.89. The highest BCUT2D eigenvalue weighted by Gasteiger charge is 2.17. The van der Waals surface area contributed by atoms with Gasteiger partial charge in [0.25, 0.3) is 5.91 Å². The molecule has 2 rings (SSSR count). The summed E-state index contributed by atoms with van der Waals surface area (Å²) in [5.41, 5.74) is 1.53. The lowest BCUT2D eigenvalue weighted by Crippen LogP contribution is -3.12. The Morgan fingerprint density at radius 2 is 1.86 bits per heavy atom. The van der Waals surface area contributed by atoms with Crippen molar-refractivity contribution in [2.75, 3.05) is 39.5 Å². The molecule has 28 heavy (non-hydrogen) atoms. The molecule has 0 aliphatic carbocycles. The molecule has 1 aromatic rings. The molecule has 1 aromatic carbocycles. The molecule has 0 bridgehead atoms. The summed E-state index contributed by atoms with van der Waals surface area (Å²) in [7, 11) is 0. The highest BCUT2D eigenvalue weighted by atomic mass is 16.5. The first-order valence-electron chi connectivity index (χ1n) is 9.74. The predicted molar refractivity (Wildman–Crippen MR) is 103 cm³/mol. The normalized spacial score (nSPS) is 15.5. The van der Waals surface area contributed by atoms with Crippen molar-refractivity contribution >= 4 is 17.8 Å². The van der Waals surface area contributed by atoms with Crippen molar-refractivity contribution < 1.29 is 28.8 Å². The summed E-state index contributed by atoms with van der Waals surface area (Å²) in [6, 6.07) is 6.53. The third-order valence-electron chi connectivity index (χ3n) is 4.50. The van der Waals surface area contributed by atoms with Gasteiger partial charge in [0, 0.05) is 12.1 Å². The zero-order valence-electron chi connectivity index (χ0n) is 16.6. The number of morpholine rings is 1. The predicted octanol–water partition coefficient (Wildman–Crippen LogP) is -0.711. The minimum atomic E-state index is -0.681. The van der Waals surface area contributed by atoms with Crippen LogP contribution in [0.4, 0.5) is 0 Å². The lowest BCUT2D eigenvalue weighted by Gasteiger charge is -2.23. The van der Waals surface area contributed by atoms with E-state index in [9.17, 15) is 14.4 Å². The number of hydrogen-bond donors (Lipinski definition) is 3. The fourth-order valence-corrected chi connectivity index (χ4v) is 2.85. The van der Waals surface area contributed by atoms with Crippen LogP contribution in [0.25, 0.3) is 0 Å². The van der Waals surface area contributed by atoms with Crippen molar-refractivity contribution in [3.8, 4) is 0 Å². The van der Waals surface area contributed by atoms with Gasteiger partial charge < -0.3 is 25.0 Å². The maximum absolute atomic E-state index is 12.1. The van der Waals surface area contributed by atoms with Crippen molar-refractivity contribution in [3.63, 3.8) is 0 Å². The molecule has 1 fully saturated rings. The summed E-state index contributed by atoms with van der Waals surface area (Å²) in [5, 5.41) is 5.20.